The highest BCUT2D eigenvalue weighted by molar-refractivity contribution is 6.31. The van der Waals surface area contributed by atoms with E-state index in [2.05, 4.69) is 17.9 Å². The van der Waals surface area contributed by atoms with Crippen LogP contribution in [0.5, 0.6) is 0 Å². The first-order valence-electron chi connectivity index (χ1n) is 8.79. The molecule has 1 heterocycles. The third kappa shape index (κ3) is 3.08. The number of hydrogen-bond acceptors (Lipinski definition) is 3. The summed E-state index contributed by atoms with van der Waals surface area (Å²) in [6.07, 6.45) is 7.16. The van der Waals surface area contributed by atoms with Gasteiger partial charge in [-0.15, -0.1) is 0 Å². The Hall–Kier alpha value is -1.22. The molecule has 1 aromatic rings. The Morgan fingerprint density at radius 2 is 2.09 bits per heavy atom. The van der Waals surface area contributed by atoms with Crippen LogP contribution < -0.4 is 4.90 Å². The zero-order chi connectivity index (χ0) is 16.4. The van der Waals surface area contributed by atoms with Gasteiger partial charge in [0, 0.05) is 16.2 Å². The largest absolute Gasteiger partial charge is 0.465 e. The molecule has 1 spiro atoms. The summed E-state index contributed by atoms with van der Waals surface area (Å²) in [6.45, 7) is 4.88. The van der Waals surface area contributed by atoms with Gasteiger partial charge in [0.15, 0.2) is 0 Å². The van der Waals surface area contributed by atoms with Gasteiger partial charge in [-0.05, 0) is 49.8 Å². The van der Waals surface area contributed by atoms with Crippen molar-refractivity contribution in [1.29, 1.82) is 0 Å². The van der Waals surface area contributed by atoms with Gasteiger partial charge in [-0.1, -0.05) is 43.9 Å². The Balaban J connectivity index is 2.02. The van der Waals surface area contributed by atoms with Crippen molar-refractivity contribution in [3.05, 3.63) is 28.8 Å². The van der Waals surface area contributed by atoms with Crippen molar-refractivity contribution in [2.75, 3.05) is 18.1 Å². The van der Waals surface area contributed by atoms with Gasteiger partial charge in [-0.2, -0.15) is 0 Å². The number of carbonyl (C=O) groups excluding carboxylic acids is 1. The number of hydrogen-bond donors (Lipinski definition) is 0. The molecule has 1 aromatic carbocycles. The van der Waals surface area contributed by atoms with Crippen LogP contribution in [0.1, 0.15) is 63.9 Å². The number of esters is 1. The Morgan fingerprint density at radius 1 is 1.35 bits per heavy atom. The second-order valence-corrected chi connectivity index (χ2v) is 7.36. The lowest BCUT2D eigenvalue weighted by molar-refractivity contribution is -0.141. The molecular weight excluding hydrogens is 310 g/mol. The number of anilines is 1. The molecule has 1 aliphatic carbocycles. The van der Waals surface area contributed by atoms with Gasteiger partial charge < -0.3 is 9.64 Å². The summed E-state index contributed by atoms with van der Waals surface area (Å²) in [5.41, 5.74) is 2.41. The highest BCUT2D eigenvalue weighted by Crippen LogP contribution is 2.51. The average Bonchev–Trinajstić information content (AvgIpc) is 2.52. The molecule has 1 aliphatic heterocycles. The normalized spacial score (nSPS) is 22.7. The first-order chi connectivity index (χ1) is 11.1. The molecule has 1 saturated carbocycles. The zero-order valence-corrected chi connectivity index (χ0v) is 14.9. The summed E-state index contributed by atoms with van der Waals surface area (Å²) < 4.78 is 5.24. The van der Waals surface area contributed by atoms with E-state index in [0.717, 1.165) is 30.0 Å². The Bertz CT molecular complexity index is 581. The van der Waals surface area contributed by atoms with Crippen molar-refractivity contribution in [3.8, 4) is 0 Å². The van der Waals surface area contributed by atoms with Crippen molar-refractivity contribution in [1.82, 2.24) is 0 Å². The van der Waals surface area contributed by atoms with E-state index in [4.69, 9.17) is 16.3 Å². The summed E-state index contributed by atoms with van der Waals surface area (Å²) in [6, 6.07) is 6.07. The average molecular weight is 336 g/mol. The summed E-state index contributed by atoms with van der Waals surface area (Å²) in [7, 11) is 0. The van der Waals surface area contributed by atoms with Crippen molar-refractivity contribution in [3.63, 3.8) is 0 Å². The van der Waals surface area contributed by atoms with Gasteiger partial charge in [0.25, 0.3) is 0 Å². The number of benzene rings is 1. The summed E-state index contributed by atoms with van der Waals surface area (Å²) in [5.74, 6) is 0.285. The summed E-state index contributed by atoms with van der Waals surface area (Å²) in [5, 5.41) is 0.814. The fourth-order valence-corrected chi connectivity index (χ4v) is 4.91. The van der Waals surface area contributed by atoms with Crippen LogP contribution in [0.3, 0.4) is 0 Å². The first kappa shape index (κ1) is 16.6. The second kappa shape index (κ2) is 6.72. The van der Waals surface area contributed by atoms with E-state index < -0.39 is 0 Å². The molecule has 0 saturated heterocycles. The molecule has 1 atom stereocenters. The lowest BCUT2D eigenvalue weighted by Crippen LogP contribution is -2.55. The van der Waals surface area contributed by atoms with Gasteiger partial charge in [-0.3, -0.25) is 4.79 Å². The van der Waals surface area contributed by atoms with Gasteiger partial charge in [0.2, 0.25) is 0 Å². The maximum atomic E-state index is 12.2. The van der Waals surface area contributed by atoms with E-state index in [9.17, 15) is 4.79 Å². The molecule has 2 aliphatic rings. The lowest BCUT2D eigenvalue weighted by Gasteiger charge is -2.53. The molecular formula is C19H26ClNO2. The number of nitrogens with zero attached hydrogens (tertiary/aromatic N) is 1. The van der Waals surface area contributed by atoms with Crippen molar-refractivity contribution in [2.45, 2.75) is 63.8 Å². The number of fused-ring (bicyclic) bond motifs is 1. The van der Waals surface area contributed by atoms with Crippen LogP contribution in [-0.4, -0.2) is 24.7 Å². The molecule has 4 heteroatoms. The van der Waals surface area contributed by atoms with Gasteiger partial charge in [0.1, 0.15) is 6.54 Å². The van der Waals surface area contributed by atoms with E-state index in [1.165, 1.54) is 24.8 Å². The molecule has 1 unspecified atom stereocenters. The van der Waals surface area contributed by atoms with E-state index in [-0.39, 0.29) is 11.5 Å². The van der Waals surface area contributed by atoms with E-state index in [0.29, 0.717) is 19.1 Å². The van der Waals surface area contributed by atoms with E-state index in [1.807, 2.05) is 19.1 Å². The standard InChI is InChI=1S/C19H26ClNO2/c1-3-23-17(22)13-21-16-9-7-8-15(20)18(16)14(2)12-19(21)10-5-4-6-11-19/h7-9,14H,3-6,10-13H2,1-2H3. The predicted molar refractivity (Wildman–Crippen MR) is 94.3 cm³/mol. The number of halogens is 1. The maximum Gasteiger partial charge on any atom is 0.325 e. The summed E-state index contributed by atoms with van der Waals surface area (Å²) >= 11 is 6.48. The van der Waals surface area contributed by atoms with Crippen molar-refractivity contribution in [2.24, 2.45) is 0 Å². The van der Waals surface area contributed by atoms with Crippen molar-refractivity contribution < 1.29 is 9.53 Å². The highest BCUT2D eigenvalue weighted by Gasteiger charge is 2.45. The van der Waals surface area contributed by atoms with Crippen LogP contribution in [0.25, 0.3) is 0 Å². The van der Waals surface area contributed by atoms with Crippen LogP contribution in [0, 0.1) is 0 Å². The molecule has 0 amide bonds. The molecule has 1 fully saturated rings. The van der Waals surface area contributed by atoms with Gasteiger partial charge in [-0.25, -0.2) is 0 Å². The Labute approximate surface area is 144 Å². The molecule has 3 nitrogen and oxygen atoms in total. The quantitative estimate of drug-likeness (QED) is 0.734. The highest BCUT2D eigenvalue weighted by atomic mass is 35.5. The van der Waals surface area contributed by atoms with Crippen LogP contribution in [0.15, 0.2) is 18.2 Å². The minimum atomic E-state index is -0.141. The molecule has 0 aromatic heterocycles. The fourth-order valence-electron chi connectivity index (χ4n) is 4.56. The summed E-state index contributed by atoms with van der Waals surface area (Å²) in [4.78, 5) is 14.5. The Morgan fingerprint density at radius 3 is 2.78 bits per heavy atom. The second-order valence-electron chi connectivity index (χ2n) is 6.95. The van der Waals surface area contributed by atoms with E-state index in [1.54, 1.807) is 0 Å². The van der Waals surface area contributed by atoms with Gasteiger partial charge in [0.05, 0.1) is 6.61 Å². The SMILES string of the molecule is CCOC(=O)CN1c2cccc(Cl)c2C(C)CC12CCCCC2. The minimum absolute atomic E-state index is 0.0854. The molecule has 0 N–H and O–H groups in total. The third-order valence-corrected chi connectivity index (χ3v) is 5.78. The van der Waals surface area contributed by atoms with Crippen LogP contribution in [0.4, 0.5) is 5.69 Å². The topological polar surface area (TPSA) is 29.5 Å². The molecule has 3 rings (SSSR count). The smallest absolute Gasteiger partial charge is 0.325 e. The number of carbonyl (C=O) groups is 1. The molecule has 0 bridgehead atoms. The van der Waals surface area contributed by atoms with E-state index >= 15 is 0 Å². The maximum absolute atomic E-state index is 12.2. The molecule has 23 heavy (non-hydrogen) atoms. The van der Waals surface area contributed by atoms with Crippen LogP contribution in [0.2, 0.25) is 5.02 Å². The Kier molecular flexibility index (Phi) is 4.86. The first-order valence-corrected chi connectivity index (χ1v) is 9.17. The fraction of sp³-hybridized carbons (Fsp3) is 0.632. The minimum Gasteiger partial charge on any atom is -0.465 e. The number of rotatable bonds is 3. The zero-order valence-electron chi connectivity index (χ0n) is 14.1. The van der Waals surface area contributed by atoms with Crippen LogP contribution in [-0.2, 0) is 9.53 Å². The monoisotopic (exact) mass is 335 g/mol. The van der Waals surface area contributed by atoms with Gasteiger partial charge >= 0.3 is 5.97 Å². The van der Waals surface area contributed by atoms with Crippen LogP contribution >= 0.6 is 11.6 Å². The predicted octanol–water partition coefficient (Wildman–Crippen LogP) is 4.92. The number of ether oxygens (including phenoxy) is 1. The van der Waals surface area contributed by atoms with Crippen molar-refractivity contribution >= 4 is 23.3 Å². The lowest BCUT2D eigenvalue weighted by atomic mass is 9.70. The molecule has 126 valence electrons. The third-order valence-electron chi connectivity index (χ3n) is 5.45. The molecule has 0 radical (unpaired) electrons.